The number of benzene rings is 1. The molecule has 1 aliphatic rings. The highest BCUT2D eigenvalue weighted by Crippen LogP contribution is 2.14. The fourth-order valence-electron chi connectivity index (χ4n) is 2.34. The maximum atomic E-state index is 12.0. The highest BCUT2D eigenvalue weighted by molar-refractivity contribution is 6.10. The van der Waals surface area contributed by atoms with Crippen molar-refractivity contribution in [1.82, 2.24) is 4.90 Å². The predicted octanol–water partition coefficient (Wildman–Crippen LogP) is 1.93. The number of nitriles is 2. The Kier molecular flexibility index (Phi) is 6.10. The zero-order chi connectivity index (χ0) is 16.5. The van der Waals surface area contributed by atoms with E-state index < -0.39 is 0 Å². The number of piperidine rings is 1. The van der Waals surface area contributed by atoms with Crippen LogP contribution in [0.4, 0.5) is 11.4 Å². The summed E-state index contributed by atoms with van der Waals surface area (Å²) in [6.45, 7) is 2.38. The van der Waals surface area contributed by atoms with Crippen molar-refractivity contribution in [3.63, 3.8) is 0 Å². The highest BCUT2D eigenvalue weighted by Gasteiger charge is 2.13. The lowest BCUT2D eigenvalue weighted by molar-refractivity contribution is -0.117. The van der Waals surface area contributed by atoms with Gasteiger partial charge in [-0.05, 0) is 50.2 Å². The van der Waals surface area contributed by atoms with Gasteiger partial charge in [0.25, 0.3) is 0 Å². The number of nitrogens with zero attached hydrogens (tertiary/aromatic N) is 4. The normalized spacial score (nSPS) is 14.2. The maximum Gasteiger partial charge on any atom is 0.238 e. The van der Waals surface area contributed by atoms with Crippen LogP contribution >= 0.6 is 0 Å². The summed E-state index contributed by atoms with van der Waals surface area (Å²) < 4.78 is 0. The Labute approximate surface area is 135 Å². The molecule has 0 saturated carbocycles. The number of carbonyl (C=O) groups excluding carboxylic acids is 1. The Hall–Kier alpha value is -2.90. The Morgan fingerprint density at radius 1 is 1.09 bits per heavy atom. The maximum absolute atomic E-state index is 12.0. The number of amides is 1. The summed E-state index contributed by atoms with van der Waals surface area (Å²) in [6.07, 6.45) is 3.55. The minimum Gasteiger partial charge on any atom is -0.325 e. The van der Waals surface area contributed by atoms with Gasteiger partial charge < -0.3 is 5.32 Å². The van der Waals surface area contributed by atoms with E-state index in [1.807, 2.05) is 0 Å². The largest absolute Gasteiger partial charge is 0.325 e. The van der Waals surface area contributed by atoms with Gasteiger partial charge in [0.05, 0.1) is 12.2 Å². The van der Waals surface area contributed by atoms with E-state index in [2.05, 4.69) is 20.7 Å². The average Bonchev–Trinajstić information content (AvgIpc) is 2.58. The van der Waals surface area contributed by atoms with Gasteiger partial charge in [-0.25, -0.2) is 0 Å². The van der Waals surface area contributed by atoms with Crippen LogP contribution in [0.5, 0.6) is 0 Å². The van der Waals surface area contributed by atoms with Crippen molar-refractivity contribution in [3.05, 3.63) is 24.3 Å². The van der Waals surface area contributed by atoms with Gasteiger partial charge in [-0.2, -0.15) is 15.6 Å². The van der Waals surface area contributed by atoms with Crippen LogP contribution < -0.4 is 10.7 Å². The van der Waals surface area contributed by atoms with E-state index >= 15 is 0 Å². The van der Waals surface area contributed by atoms with Crippen molar-refractivity contribution in [2.24, 2.45) is 5.10 Å². The SMILES string of the molecule is N#CC(C#N)=NNc1ccc(NC(=O)CN2CCCCC2)cc1. The molecule has 1 heterocycles. The van der Waals surface area contributed by atoms with E-state index in [9.17, 15) is 4.79 Å². The lowest BCUT2D eigenvalue weighted by Crippen LogP contribution is -2.36. The summed E-state index contributed by atoms with van der Waals surface area (Å²) in [7, 11) is 0. The first kappa shape index (κ1) is 16.5. The first-order chi connectivity index (χ1) is 11.2. The molecule has 1 saturated heterocycles. The van der Waals surface area contributed by atoms with Crippen molar-refractivity contribution < 1.29 is 4.79 Å². The number of nitrogens with one attached hydrogen (secondary N) is 2. The van der Waals surface area contributed by atoms with Gasteiger partial charge in [-0.1, -0.05) is 6.42 Å². The number of hydrazone groups is 1. The van der Waals surface area contributed by atoms with Gasteiger partial charge in [0, 0.05) is 5.69 Å². The highest BCUT2D eigenvalue weighted by atomic mass is 16.2. The molecule has 0 aromatic heterocycles. The van der Waals surface area contributed by atoms with Crippen LogP contribution in [0.25, 0.3) is 0 Å². The monoisotopic (exact) mass is 310 g/mol. The Balaban J connectivity index is 1.85. The molecule has 1 amide bonds. The van der Waals surface area contributed by atoms with E-state index in [1.165, 1.54) is 6.42 Å². The number of anilines is 2. The molecule has 2 N–H and O–H groups in total. The van der Waals surface area contributed by atoms with Crippen LogP contribution in [0.3, 0.4) is 0 Å². The lowest BCUT2D eigenvalue weighted by Gasteiger charge is -2.25. The summed E-state index contributed by atoms with van der Waals surface area (Å²) in [6, 6.07) is 10.2. The molecule has 1 aliphatic heterocycles. The zero-order valence-corrected chi connectivity index (χ0v) is 12.7. The molecule has 0 aliphatic carbocycles. The van der Waals surface area contributed by atoms with Crippen LogP contribution in [-0.4, -0.2) is 36.2 Å². The first-order valence-electron chi connectivity index (χ1n) is 7.47. The lowest BCUT2D eigenvalue weighted by atomic mass is 10.1. The van der Waals surface area contributed by atoms with E-state index in [-0.39, 0.29) is 11.6 Å². The van der Waals surface area contributed by atoms with Gasteiger partial charge in [-0.3, -0.25) is 15.1 Å². The van der Waals surface area contributed by atoms with Crippen LogP contribution in [0.2, 0.25) is 0 Å². The molecular weight excluding hydrogens is 292 g/mol. The van der Waals surface area contributed by atoms with Crippen molar-refractivity contribution >= 4 is 23.0 Å². The average molecular weight is 310 g/mol. The molecule has 2 rings (SSSR count). The molecule has 1 aromatic carbocycles. The fraction of sp³-hybridized carbons (Fsp3) is 0.375. The number of rotatable bonds is 5. The predicted molar refractivity (Wildman–Crippen MR) is 87.6 cm³/mol. The van der Waals surface area contributed by atoms with Gasteiger partial charge in [0.2, 0.25) is 11.6 Å². The second-order valence-electron chi connectivity index (χ2n) is 5.26. The Morgan fingerprint density at radius 2 is 1.70 bits per heavy atom. The Morgan fingerprint density at radius 3 is 2.30 bits per heavy atom. The minimum absolute atomic E-state index is 0.0260. The van der Waals surface area contributed by atoms with Crippen LogP contribution in [0.1, 0.15) is 19.3 Å². The Bertz CT molecular complexity index is 631. The van der Waals surface area contributed by atoms with Crippen molar-refractivity contribution in [1.29, 1.82) is 10.5 Å². The zero-order valence-electron chi connectivity index (χ0n) is 12.7. The van der Waals surface area contributed by atoms with Crippen molar-refractivity contribution in [2.45, 2.75) is 19.3 Å². The first-order valence-corrected chi connectivity index (χ1v) is 7.47. The third-order valence-electron chi connectivity index (χ3n) is 3.49. The molecule has 0 unspecified atom stereocenters. The van der Waals surface area contributed by atoms with E-state index in [0.717, 1.165) is 25.9 Å². The van der Waals surface area contributed by atoms with Gasteiger partial charge in [-0.15, -0.1) is 0 Å². The summed E-state index contributed by atoms with van der Waals surface area (Å²) in [5.41, 5.74) is 3.69. The number of carbonyl (C=O) groups is 1. The summed E-state index contributed by atoms with van der Waals surface area (Å²) in [4.78, 5) is 14.2. The summed E-state index contributed by atoms with van der Waals surface area (Å²) >= 11 is 0. The molecule has 1 aromatic rings. The summed E-state index contributed by atoms with van der Waals surface area (Å²) in [5.74, 6) is -0.0260. The topological polar surface area (TPSA) is 104 Å². The second kappa shape index (κ2) is 8.52. The molecule has 0 spiro atoms. The summed E-state index contributed by atoms with van der Waals surface area (Å²) in [5, 5.41) is 23.7. The second-order valence-corrected chi connectivity index (χ2v) is 5.26. The third kappa shape index (κ3) is 5.42. The number of hydrogen-bond donors (Lipinski definition) is 2. The van der Waals surface area contributed by atoms with Gasteiger partial charge in [0.1, 0.15) is 12.1 Å². The van der Waals surface area contributed by atoms with Gasteiger partial charge >= 0.3 is 0 Å². The molecule has 118 valence electrons. The molecule has 1 fully saturated rings. The molecular formula is C16H18N6O. The fourth-order valence-corrected chi connectivity index (χ4v) is 2.34. The molecule has 23 heavy (non-hydrogen) atoms. The minimum atomic E-state index is -0.246. The molecule has 7 nitrogen and oxygen atoms in total. The van der Waals surface area contributed by atoms with Crippen LogP contribution in [-0.2, 0) is 4.79 Å². The van der Waals surface area contributed by atoms with Crippen molar-refractivity contribution in [3.8, 4) is 12.1 Å². The van der Waals surface area contributed by atoms with E-state index in [1.54, 1.807) is 36.4 Å². The quantitative estimate of drug-likeness (QED) is 0.638. The molecule has 0 radical (unpaired) electrons. The smallest absolute Gasteiger partial charge is 0.238 e. The number of hydrogen-bond acceptors (Lipinski definition) is 6. The van der Waals surface area contributed by atoms with Crippen LogP contribution in [0.15, 0.2) is 29.4 Å². The third-order valence-corrected chi connectivity index (χ3v) is 3.49. The van der Waals surface area contributed by atoms with Crippen LogP contribution in [0, 0.1) is 22.7 Å². The van der Waals surface area contributed by atoms with E-state index in [0.29, 0.717) is 17.9 Å². The molecule has 0 bridgehead atoms. The molecule has 0 atom stereocenters. The standard InChI is InChI=1S/C16H18N6O/c17-10-15(11-18)21-20-14-6-4-13(5-7-14)19-16(23)12-22-8-2-1-3-9-22/h4-7,20H,1-3,8-9,12H2,(H,19,23). The van der Waals surface area contributed by atoms with Gasteiger partial charge in [0.15, 0.2) is 0 Å². The number of likely N-dealkylation sites (tertiary alicyclic amines) is 1. The molecule has 7 heteroatoms. The van der Waals surface area contributed by atoms with E-state index in [4.69, 9.17) is 10.5 Å². The van der Waals surface area contributed by atoms with Crippen molar-refractivity contribution in [2.75, 3.05) is 30.4 Å².